The van der Waals surface area contributed by atoms with Gasteiger partial charge in [-0.3, -0.25) is 0 Å². The van der Waals surface area contributed by atoms with Crippen molar-refractivity contribution < 1.29 is 13.9 Å². The SMILES string of the molecule is CC1(NC(=O)OC(C)(C)C)CCN(c2ncc(Sc3ccnc(F)c3Cl)c3nncn23)CC1. The first kappa shape index (κ1) is 23.5. The van der Waals surface area contributed by atoms with Gasteiger partial charge in [-0.05, 0) is 46.6 Å². The molecule has 0 aromatic carbocycles. The molecule has 0 bridgehead atoms. The zero-order valence-corrected chi connectivity index (χ0v) is 20.4. The maximum atomic E-state index is 13.7. The summed E-state index contributed by atoms with van der Waals surface area (Å²) in [5, 5.41) is 11.2. The van der Waals surface area contributed by atoms with Crippen LogP contribution in [0.2, 0.25) is 5.02 Å². The number of piperidine rings is 1. The number of pyridine rings is 1. The smallest absolute Gasteiger partial charge is 0.408 e. The summed E-state index contributed by atoms with van der Waals surface area (Å²) in [4.78, 5) is 23.8. The quantitative estimate of drug-likeness (QED) is 0.536. The topological polar surface area (TPSA) is 97.5 Å². The van der Waals surface area contributed by atoms with Crippen molar-refractivity contribution in [2.24, 2.45) is 0 Å². The molecule has 4 heterocycles. The average molecular weight is 494 g/mol. The lowest BCUT2D eigenvalue weighted by atomic mass is 9.90. The van der Waals surface area contributed by atoms with Crippen LogP contribution in [0.4, 0.5) is 15.1 Å². The Kier molecular flexibility index (Phi) is 6.37. The summed E-state index contributed by atoms with van der Waals surface area (Å²) in [5.41, 5.74) is -0.321. The highest BCUT2D eigenvalue weighted by molar-refractivity contribution is 7.99. The number of nitrogens with one attached hydrogen (secondary N) is 1. The van der Waals surface area contributed by atoms with Crippen LogP contribution in [0.1, 0.15) is 40.5 Å². The lowest BCUT2D eigenvalue weighted by Gasteiger charge is -2.40. The highest BCUT2D eigenvalue weighted by atomic mass is 35.5. The number of hydrogen-bond donors (Lipinski definition) is 1. The third-order valence-electron chi connectivity index (χ3n) is 5.26. The number of fused-ring (bicyclic) bond motifs is 1. The average Bonchev–Trinajstić information content (AvgIpc) is 3.21. The first-order chi connectivity index (χ1) is 15.5. The van der Waals surface area contributed by atoms with Crippen molar-refractivity contribution in [2.75, 3.05) is 18.0 Å². The Labute approximate surface area is 200 Å². The summed E-state index contributed by atoms with van der Waals surface area (Å²) in [6.07, 6.45) is 5.68. The molecule has 12 heteroatoms. The van der Waals surface area contributed by atoms with E-state index in [0.717, 1.165) is 12.8 Å². The summed E-state index contributed by atoms with van der Waals surface area (Å²) >= 11 is 7.30. The standard InChI is InChI=1S/C21H25ClFN7O2S/c1-20(2,3)32-19(31)27-21(4)6-9-29(10-7-21)18-25-11-14(17-28-26-12-30(17)18)33-13-5-8-24-16(23)15(13)22/h5,8,11-12H,6-7,9-10H2,1-4H3,(H,27,31). The van der Waals surface area contributed by atoms with Crippen molar-refractivity contribution in [3.63, 3.8) is 0 Å². The van der Waals surface area contributed by atoms with Gasteiger partial charge in [0.15, 0.2) is 5.65 Å². The van der Waals surface area contributed by atoms with E-state index in [1.54, 1.807) is 23.0 Å². The molecule has 0 atom stereocenters. The summed E-state index contributed by atoms with van der Waals surface area (Å²) in [5.74, 6) is -0.0224. The molecule has 9 nitrogen and oxygen atoms in total. The number of carbonyl (C=O) groups excluding carboxylic acids is 1. The monoisotopic (exact) mass is 493 g/mol. The van der Waals surface area contributed by atoms with Crippen LogP contribution in [0, 0.1) is 5.95 Å². The molecule has 0 aliphatic carbocycles. The minimum absolute atomic E-state index is 0.0444. The van der Waals surface area contributed by atoms with Gasteiger partial charge in [0.2, 0.25) is 11.9 Å². The number of anilines is 1. The van der Waals surface area contributed by atoms with Crippen molar-refractivity contribution in [3.8, 4) is 0 Å². The minimum atomic E-state index is -0.722. The number of ether oxygens (including phenoxy) is 1. The van der Waals surface area contributed by atoms with E-state index in [9.17, 15) is 9.18 Å². The van der Waals surface area contributed by atoms with Crippen molar-refractivity contribution in [1.29, 1.82) is 0 Å². The Hall–Kier alpha value is -2.66. The lowest BCUT2D eigenvalue weighted by molar-refractivity contribution is 0.0448. The second-order valence-corrected chi connectivity index (χ2v) is 10.6. The predicted molar refractivity (Wildman–Crippen MR) is 123 cm³/mol. The van der Waals surface area contributed by atoms with E-state index in [1.165, 1.54) is 18.0 Å². The number of amides is 1. The molecular formula is C21H25ClFN7O2S. The molecule has 4 rings (SSSR count). The van der Waals surface area contributed by atoms with E-state index in [4.69, 9.17) is 16.3 Å². The van der Waals surface area contributed by atoms with Crippen LogP contribution in [0.25, 0.3) is 5.65 Å². The van der Waals surface area contributed by atoms with Gasteiger partial charge in [-0.2, -0.15) is 4.39 Å². The molecule has 0 saturated carbocycles. The summed E-state index contributed by atoms with van der Waals surface area (Å²) in [7, 11) is 0. The molecular weight excluding hydrogens is 469 g/mol. The van der Waals surface area contributed by atoms with Crippen LogP contribution in [0.3, 0.4) is 0 Å². The second kappa shape index (κ2) is 8.94. The van der Waals surface area contributed by atoms with Crippen LogP contribution in [-0.2, 0) is 4.74 Å². The highest BCUT2D eigenvalue weighted by Crippen LogP contribution is 2.36. The maximum Gasteiger partial charge on any atom is 0.408 e. The molecule has 1 N–H and O–H groups in total. The minimum Gasteiger partial charge on any atom is -0.444 e. The van der Waals surface area contributed by atoms with Gasteiger partial charge in [-0.15, -0.1) is 10.2 Å². The van der Waals surface area contributed by atoms with Gasteiger partial charge < -0.3 is 15.0 Å². The van der Waals surface area contributed by atoms with Crippen LogP contribution in [0.15, 0.2) is 34.6 Å². The molecule has 1 aliphatic rings. The molecule has 1 saturated heterocycles. The lowest BCUT2D eigenvalue weighted by Crippen LogP contribution is -2.54. The molecule has 0 radical (unpaired) electrons. The third-order valence-corrected chi connectivity index (χ3v) is 6.80. The van der Waals surface area contributed by atoms with E-state index in [-0.39, 0.29) is 10.6 Å². The van der Waals surface area contributed by atoms with E-state index in [2.05, 4.69) is 30.4 Å². The molecule has 0 spiro atoms. The van der Waals surface area contributed by atoms with Gasteiger partial charge in [0, 0.05) is 35.9 Å². The fourth-order valence-electron chi connectivity index (χ4n) is 3.57. The normalized spacial score (nSPS) is 16.1. The molecule has 1 aliphatic heterocycles. The van der Waals surface area contributed by atoms with Crippen LogP contribution < -0.4 is 10.2 Å². The largest absolute Gasteiger partial charge is 0.444 e. The molecule has 0 unspecified atom stereocenters. The molecule has 3 aromatic rings. The Morgan fingerprint density at radius 3 is 2.70 bits per heavy atom. The highest BCUT2D eigenvalue weighted by Gasteiger charge is 2.34. The fraction of sp³-hybridized carbons (Fsp3) is 0.476. The Morgan fingerprint density at radius 2 is 2.00 bits per heavy atom. The number of rotatable bonds is 4. The van der Waals surface area contributed by atoms with Gasteiger partial charge in [-0.1, -0.05) is 23.4 Å². The van der Waals surface area contributed by atoms with E-state index >= 15 is 0 Å². The second-order valence-electron chi connectivity index (χ2n) is 9.14. The maximum absolute atomic E-state index is 13.7. The van der Waals surface area contributed by atoms with E-state index < -0.39 is 17.6 Å². The summed E-state index contributed by atoms with van der Waals surface area (Å²) in [6.45, 7) is 8.91. The number of carbonyl (C=O) groups is 1. The number of aromatic nitrogens is 5. The first-order valence-corrected chi connectivity index (χ1v) is 11.7. The van der Waals surface area contributed by atoms with Crippen LogP contribution in [0.5, 0.6) is 0 Å². The van der Waals surface area contributed by atoms with Crippen LogP contribution >= 0.6 is 23.4 Å². The third kappa shape index (κ3) is 5.30. The van der Waals surface area contributed by atoms with E-state index in [1.807, 2.05) is 27.7 Å². The number of hydrogen-bond acceptors (Lipinski definition) is 8. The molecule has 33 heavy (non-hydrogen) atoms. The molecule has 1 fully saturated rings. The van der Waals surface area contributed by atoms with Crippen molar-refractivity contribution in [2.45, 2.75) is 61.5 Å². The van der Waals surface area contributed by atoms with Gasteiger partial charge in [0.25, 0.3) is 0 Å². The number of halogens is 2. The molecule has 176 valence electrons. The zero-order valence-electron chi connectivity index (χ0n) is 18.8. The Morgan fingerprint density at radius 1 is 1.27 bits per heavy atom. The fourth-order valence-corrected chi connectivity index (χ4v) is 4.67. The van der Waals surface area contributed by atoms with E-state index in [0.29, 0.717) is 34.5 Å². The Balaban J connectivity index is 1.49. The number of nitrogens with zero attached hydrogens (tertiary/aromatic N) is 6. The summed E-state index contributed by atoms with van der Waals surface area (Å²) in [6, 6.07) is 1.64. The van der Waals surface area contributed by atoms with Crippen molar-refractivity contribution in [3.05, 3.63) is 35.8 Å². The van der Waals surface area contributed by atoms with Gasteiger partial charge >= 0.3 is 6.09 Å². The van der Waals surface area contributed by atoms with Crippen molar-refractivity contribution >= 4 is 41.1 Å². The first-order valence-electron chi connectivity index (χ1n) is 10.5. The summed E-state index contributed by atoms with van der Waals surface area (Å²) < 4.78 is 20.9. The van der Waals surface area contributed by atoms with Gasteiger partial charge in [0.1, 0.15) is 17.0 Å². The molecule has 1 amide bonds. The van der Waals surface area contributed by atoms with Crippen molar-refractivity contribution in [1.82, 2.24) is 29.9 Å². The van der Waals surface area contributed by atoms with Crippen LogP contribution in [-0.4, -0.2) is 54.9 Å². The zero-order chi connectivity index (χ0) is 23.8. The number of alkyl carbamates (subject to hydrolysis) is 1. The van der Waals surface area contributed by atoms with Gasteiger partial charge in [0.05, 0.1) is 4.90 Å². The Bertz CT molecular complexity index is 1180. The van der Waals surface area contributed by atoms with Gasteiger partial charge in [-0.25, -0.2) is 19.2 Å². The predicted octanol–water partition coefficient (Wildman–Crippen LogP) is 4.35. The molecule has 3 aromatic heterocycles.